The number of benzene rings is 2. The number of fused-ring (bicyclic) bond motifs is 1. The van der Waals surface area contributed by atoms with E-state index in [0.717, 1.165) is 28.6 Å². The summed E-state index contributed by atoms with van der Waals surface area (Å²) in [7, 11) is 0. The average molecular weight is 445 g/mol. The number of carbonyl (C=O) groups is 2. The molecule has 2 saturated heterocycles. The second-order valence-corrected chi connectivity index (χ2v) is 9.14. The van der Waals surface area contributed by atoms with Crippen LogP contribution < -0.4 is 5.32 Å². The molecule has 0 aromatic heterocycles. The Morgan fingerprint density at radius 1 is 1.30 bits per heavy atom. The molecule has 27 heavy (non-hydrogen) atoms. The van der Waals surface area contributed by atoms with E-state index in [2.05, 4.69) is 28.2 Å². The van der Waals surface area contributed by atoms with Gasteiger partial charge in [0.1, 0.15) is 10.9 Å². The highest BCUT2D eigenvalue weighted by Gasteiger charge is 2.56. The number of hydrogen-bond donors (Lipinski definition) is 1. The van der Waals surface area contributed by atoms with Crippen LogP contribution in [0.25, 0.3) is 0 Å². The number of nitrogens with one attached hydrogen (secondary N) is 1. The third-order valence-corrected chi connectivity index (χ3v) is 7.45. The number of halogens is 1. The van der Waals surface area contributed by atoms with Gasteiger partial charge >= 0.3 is 0 Å². The fourth-order valence-corrected chi connectivity index (χ4v) is 5.86. The normalized spacial score (nSPS) is 24.1. The van der Waals surface area contributed by atoms with E-state index in [-0.39, 0.29) is 11.8 Å². The first-order chi connectivity index (χ1) is 13.0. The molecule has 0 spiro atoms. The molecule has 0 bridgehead atoms. The first-order valence-electron chi connectivity index (χ1n) is 9.15. The maximum absolute atomic E-state index is 13.0. The van der Waals surface area contributed by atoms with E-state index < -0.39 is 10.9 Å². The first kappa shape index (κ1) is 18.6. The largest absolute Gasteiger partial charge is 0.324 e. The molecule has 2 fully saturated rings. The van der Waals surface area contributed by atoms with Crippen molar-refractivity contribution >= 4 is 45.2 Å². The van der Waals surface area contributed by atoms with Crippen molar-refractivity contribution in [3.63, 3.8) is 0 Å². The molecule has 0 aliphatic carbocycles. The van der Waals surface area contributed by atoms with Gasteiger partial charge in [0.05, 0.1) is 0 Å². The van der Waals surface area contributed by atoms with Crippen LogP contribution in [0.15, 0.2) is 53.0 Å². The topological polar surface area (TPSA) is 49.4 Å². The molecule has 0 saturated carbocycles. The summed E-state index contributed by atoms with van der Waals surface area (Å²) in [6.45, 7) is 2.09. The van der Waals surface area contributed by atoms with Crippen molar-refractivity contribution in [2.24, 2.45) is 0 Å². The van der Waals surface area contributed by atoms with Gasteiger partial charge in [-0.05, 0) is 48.2 Å². The van der Waals surface area contributed by atoms with Crippen molar-refractivity contribution < 1.29 is 9.59 Å². The quantitative estimate of drug-likeness (QED) is 0.752. The van der Waals surface area contributed by atoms with Crippen LogP contribution in [0.1, 0.15) is 30.9 Å². The second kappa shape index (κ2) is 7.32. The van der Waals surface area contributed by atoms with Gasteiger partial charge in [-0.3, -0.25) is 9.59 Å². The van der Waals surface area contributed by atoms with Crippen LogP contribution in [0.2, 0.25) is 0 Å². The van der Waals surface area contributed by atoms with E-state index in [1.54, 1.807) is 11.8 Å². The highest BCUT2D eigenvalue weighted by Crippen LogP contribution is 2.54. The van der Waals surface area contributed by atoms with Crippen LogP contribution in [0.4, 0.5) is 5.69 Å². The van der Waals surface area contributed by atoms with E-state index in [1.165, 1.54) is 5.56 Å². The lowest BCUT2D eigenvalue weighted by molar-refractivity contribution is -0.136. The van der Waals surface area contributed by atoms with Gasteiger partial charge in [0.15, 0.2) is 0 Å². The summed E-state index contributed by atoms with van der Waals surface area (Å²) in [5, 5.41) is 3.02. The highest BCUT2D eigenvalue weighted by atomic mass is 79.9. The van der Waals surface area contributed by atoms with Crippen molar-refractivity contribution in [1.29, 1.82) is 0 Å². The van der Waals surface area contributed by atoms with E-state index in [0.29, 0.717) is 12.2 Å². The second-order valence-electron chi connectivity index (χ2n) is 6.92. The summed E-state index contributed by atoms with van der Waals surface area (Å²) >= 11 is 5.18. The third kappa shape index (κ3) is 3.29. The third-order valence-electron chi connectivity index (χ3n) is 5.33. The Balaban J connectivity index is 1.60. The molecule has 4 nitrogen and oxygen atoms in total. The molecule has 2 atom stereocenters. The van der Waals surface area contributed by atoms with Crippen molar-refractivity contribution in [3.05, 3.63) is 64.1 Å². The number of aryl methyl sites for hydroxylation is 1. The van der Waals surface area contributed by atoms with Gasteiger partial charge in [0, 0.05) is 22.3 Å². The zero-order valence-corrected chi connectivity index (χ0v) is 17.5. The Morgan fingerprint density at radius 2 is 2.07 bits per heavy atom. The van der Waals surface area contributed by atoms with E-state index >= 15 is 0 Å². The van der Waals surface area contributed by atoms with Crippen LogP contribution in [0, 0.1) is 0 Å². The molecular formula is C21H21BrN2O2S. The van der Waals surface area contributed by atoms with Gasteiger partial charge in [-0.15, -0.1) is 11.8 Å². The summed E-state index contributed by atoms with van der Waals surface area (Å²) in [6, 6.07) is 15.5. The fourth-order valence-electron chi connectivity index (χ4n) is 3.94. The summed E-state index contributed by atoms with van der Waals surface area (Å²) in [6.07, 6.45) is 2.14. The van der Waals surface area contributed by atoms with Gasteiger partial charge in [0.2, 0.25) is 11.8 Å². The van der Waals surface area contributed by atoms with Crippen LogP contribution in [-0.2, 0) is 20.9 Å². The summed E-state index contributed by atoms with van der Waals surface area (Å²) in [5.41, 5.74) is 3.05. The zero-order valence-electron chi connectivity index (χ0n) is 15.1. The maximum atomic E-state index is 13.0. The smallest absolute Gasteiger partial charge is 0.248 e. The summed E-state index contributed by atoms with van der Waals surface area (Å²) < 4.78 is 1.01. The van der Waals surface area contributed by atoms with Gasteiger partial charge in [-0.1, -0.05) is 47.1 Å². The monoisotopic (exact) mass is 444 g/mol. The average Bonchev–Trinajstić information content (AvgIpc) is 3.22. The molecular weight excluding hydrogens is 424 g/mol. The summed E-state index contributed by atoms with van der Waals surface area (Å²) in [5.74, 6) is 0.566. The van der Waals surface area contributed by atoms with Gasteiger partial charge in [-0.25, -0.2) is 0 Å². The lowest BCUT2D eigenvalue weighted by Crippen LogP contribution is -2.48. The number of anilines is 1. The van der Waals surface area contributed by atoms with Crippen LogP contribution in [-0.4, -0.2) is 28.5 Å². The minimum absolute atomic E-state index is 0.0605. The number of nitrogens with zero attached hydrogens (tertiary/aromatic N) is 1. The Hall–Kier alpha value is -1.79. The predicted molar refractivity (Wildman–Crippen MR) is 113 cm³/mol. The van der Waals surface area contributed by atoms with Crippen LogP contribution in [0.3, 0.4) is 0 Å². The number of hydrogen-bond acceptors (Lipinski definition) is 3. The molecule has 2 heterocycles. The Morgan fingerprint density at radius 3 is 2.81 bits per heavy atom. The van der Waals surface area contributed by atoms with Crippen molar-refractivity contribution in [3.8, 4) is 0 Å². The Kier molecular flexibility index (Phi) is 5.03. The molecule has 4 rings (SSSR count). The predicted octanol–water partition coefficient (Wildman–Crippen LogP) is 4.54. The lowest BCUT2D eigenvalue weighted by atomic mass is 10.0. The Bertz CT molecular complexity index is 886. The van der Waals surface area contributed by atoms with Gasteiger partial charge in [-0.2, -0.15) is 0 Å². The van der Waals surface area contributed by atoms with E-state index in [4.69, 9.17) is 0 Å². The van der Waals surface area contributed by atoms with Gasteiger partial charge < -0.3 is 10.2 Å². The number of amides is 2. The molecule has 140 valence electrons. The Labute approximate surface area is 171 Å². The molecule has 6 heteroatoms. The van der Waals surface area contributed by atoms with Crippen LogP contribution in [0.5, 0.6) is 0 Å². The molecule has 2 aliphatic heterocycles. The van der Waals surface area contributed by atoms with E-state index in [1.807, 2.05) is 53.4 Å². The molecule has 2 aromatic rings. The number of carbonyl (C=O) groups excluding carboxylic acids is 2. The van der Waals surface area contributed by atoms with E-state index in [9.17, 15) is 9.59 Å². The molecule has 2 aliphatic rings. The maximum Gasteiger partial charge on any atom is 0.248 e. The molecule has 0 unspecified atom stereocenters. The minimum atomic E-state index is -0.445. The zero-order chi connectivity index (χ0) is 19.0. The molecule has 2 amide bonds. The van der Waals surface area contributed by atoms with Crippen molar-refractivity contribution in [2.75, 3.05) is 11.1 Å². The number of rotatable bonds is 4. The highest BCUT2D eigenvalue weighted by molar-refractivity contribution is 9.10. The van der Waals surface area contributed by atoms with Crippen molar-refractivity contribution in [1.82, 2.24) is 4.90 Å². The minimum Gasteiger partial charge on any atom is -0.324 e. The fraction of sp³-hybridized carbons (Fsp3) is 0.333. The van der Waals surface area contributed by atoms with Crippen molar-refractivity contribution in [2.45, 2.75) is 37.1 Å². The summed E-state index contributed by atoms with van der Waals surface area (Å²) in [4.78, 5) is 27.1. The first-order valence-corrected chi connectivity index (χ1v) is 10.9. The standard InChI is InChI=1S/C21H21BrN2O2S/c1-2-14-4-3-5-17(12-14)23-20(26)18-13-27-21(11-10-19(25)24(18)21)15-6-8-16(22)9-7-15/h3-9,12,18H,2,10-11,13H2,1H3,(H,23,26)/t18-,21+/m0/s1. The molecule has 1 N–H and O–H groups in total. The van der Waals surface area contributed by atoms with Gasteiger partial charge in [0.25, 0.3) is 0 Å². The lowest BCUT2D eigenvalue weighted by Gasteiger charge is -2.34. The SMILES string of the molecule is CCc1cccc(NC(=O)[C@@H]2CS[C@@]3(c4ccc(Br)cc4)CCC(=O)N23)c1. The number of thioether (sulfide) groups is 1. The molecule has 0 radical (unpaired) electrons. The van der Waals surface area contributed by atoms with Crippen LogP contribution >= 0.6 is 27.7 Å². The molecule has 2 aromatic carbocycles.